The summed E-state index contributed by atoms with van der Waals surface area (Å²) in [7, 11) is 0. The van der Waals surface area contributed by atoms with Gasteiger partial charge in [0.25, 0.3) is 0 Å². The number of hydrogen-bond acceptors (Lipinski definition) is 5. The van der Waals surface area contributed by atoms with Gasteiger partial charge in [0.05, 0.1) is 6.10 Å². The van der Waals surface area contributed by atoms with Gasteiger partial charge < -0.3 is 20.2 Å². The maximum Gasteiger partial charge on any atom is 0.328 e. The molecular formula is C18H33NO5. The van der Waals surface area contributed by atoms with Crippen molar-refractivity contribution in [2.45, 2.75) is 77.0 Å². The van der Waals surface area contributed by atoms with E-state index in [4.69, 9.17) is 9.84 Å². The summed E-state index contributed by atoms with van der Waals surface area (Å²) in [5.74, 6) is -0.625. The molecule has 0 aromatic carbocycles. The number of carbonyl (C=O) groups is 1. The first-order chi connectivity index (χ1) is 11.0. The molecule has 3 N–H and O–H groups in total. The predicted molar refractivity (Wildman–Crippen MR) is 92.0 cm³/mol. The number of piperidine rings is 1. The standard InChI is InChI=1S/C18H33NO5/c1-17(2)11-14(12-18(3,4)19(17)23)13-24-10-6-5-7-15(20)8-9-16(21)22/h8-9,14-15,20,23H,5-7,10-13H2,1-4H3,(H,21,22). The summed E-state index contributed by atoms with van der Waals surface area (Å²) < 4.78 is 5.78. The Kier molecular flexibility index (Phi) is 7.86. The van der Waals surface area contributed by atoms with E-state index in [1.807, 2.05) is 27.7 Å². The Labute approximate surface area is 145 Å². The van der Waals surface area contributed by atoms with Gasteiger partial charge in [0.1, 0.15) is 0 Å². The largest absolute Gasteiger partial charge is 0.478 e. The van der Waals surface area contributed by atoms with Crippen molar-refractivity contribution in [3.05, 3.63) is 12.2 Å². The second-order valence-electron chi connectivity index (χ2n) is 8.05. The number of carboxylic acids is 1. The second kappa shape index (κ2) is 8.94. The van der Waals surface area contributed by atoms with Gasteiger partial charge in [-0.1, -0.05) is 0 Å². The van der Waals surface area contributed by atoms with Crippen molar-refractivity contribution in [1.82, 2.24) is 5.06 Å². The van der Waals surface area contributed by atoms with Crippen LogP contribution < -0.4 is 0 Å². The molecule has 0 radical (unpaired) electrons. The third kappa shape index (κ3) is 6.89. The molecule has 1 aliphatic rings. The summed E-state index contributed by atoms with van der Waals surface area (Å²) in [5, 5.41) is 29.8. The molecule has 6 nitrogen and oxygen atoms in total. The molecule has 0 amide bonds. The monoisotopic (exact) mass is 343 g/mol. The molecule has 0 aromatic heterocycles. The Balaban J connectivity index is 2.21. The van der Waals surface area contributed by atoms with Gasteiger partial charge in [-0.25, -0.2) is 4.79 Å². The van der Waals surface area contributed by atoms with Crippen LogP contribution in [0, 0.1) is 5.92 Å². The molecule has 24 heavy (non-hydrogen) atoms. The van der Waals surface area contributed by atoms with Gasteiger partial charge >= 0.3 is 5.97 Å². The summed E-state index contributed by atoms with van der Waals surface area (Å²) in [6, 6.07) is 0. The average molecular weight is 343 g/mol. The van der Waals surface area contributed by atoms with Crippen LogP contribution in [0.5, 0.6) is 0 Å². The molecule has 6 heteroatoms. The minimum Gasteiger partial charge on any atom is -0.478 e. The van der Waals surface area contributed by atoms with Crippen LogP contribution in [0.1, 0.15) is 59.8 Å². The second-order valence-corrected chi connectivity index (χ2v) is 8.05. The van der Waals surface area contributed by atoms with Crippen molar-refractivity contribution in [2.75, 3.05) is 13.2 Å². The van der Waals surface area contributed by atoms with E-state index < -0.39 is 12.1 Å². The highest BCUT2D eigenvalue weighted by molar-refractivity contribution is 5.79. The topological polar surface area (TPSA) is 90.2 Å². The number of hydroxylamine groups is 2. The summed E-state index contributed by atoms with van der Waals surface area (Å²) in [5.41, 5.74) is -0.507. The number of aliphatic hydroxyl groups excluding tert-OH is 1. The molecule has 140 valence electrons. The number of hydrogen-bond donors (Lipinski definition) is 3. The molecule has 1 saturated heterocycles. The maximum absolute atomic E-state index is 10.3. The number of carboxylic acid groups (broad SMARTS) is 1. The molecule has 1 aliphatic heterocycles. The van der Waals surface area contributed by atoms with Gasteiger partial charge in [0, 0.05) is 30.4 Å². The van der Waals surface area contributed by atoms with Crippen LogP contribution in [0.4, 0.5) is 0 Å². The molecule has 0 bridgehead atoms. The third-order valence-corrected chi connectivity index (χ3v) is 4.58. The number of unbranched alkanes of at least 4 members (excludes halogenated alkanes) is 1. The van der Waals surface area contributed by atoms with E-state index in [0.29, 0.717) is 25.6 Å². The van der Waals surface area contributed by atoms with Gasteiger partial charge in [0.2, 0.25) is 0 Å². The number of ether oxygens (including phenoxy) is 1. The highest BCUT2D eigenvalue weighted by atomic mass is 16.5. The normalized spacial score (nSPS) is 22.8. The molecule has 1 heterocycles. The van der Waals surface area contributed by atoms with E-state index in [0.717, 1.165) is 31.8 Å². The number of aliphatic carboxylic acids is 1. The molecule has 1 fully saturated rings. The Bertz CT molecular complexity index is 415. The van der Waals surface area contributed by atoms with Crippen molar-refractivity contribution in [3.63, 3.8) is 0 Å². The van der Waals surface area contributed by atoms with Crippen LogP contribution in [-0.4, -0.2) is 56.8 Å². The van der Waals surface area contributed by atoms with Gasteiger partial charge in [-0.05, 0) is 71.8 Å². The van der Waals surface area contributed by atoms with Crippen LogP contribution in [0.25, 0.3) is 0 Å². The lowest BCUT2D eigenvalue weighted by atomic mass is 9.75. The van der Waals surface area contributed by atoms with Crippen LogP contribution in [0.3, 0.4) is 0 Å². The van der Waals surface area contributed by atoms with Crippen molar-refractivity contribution >= 4 is 5.97 Å². The fourth-order valence-corrected chi connectivity index (χ4v) is 3.69. The van der Waals surface area contributed by atoms with Crippen molar-refractivity contribution < 1.29 is 25.0 Å². The first-order valence-electron chi connectivity index (χ1n) is 8.71. The van der Waals surface area contributed by atoms with E-state index in [1.54, 1.807) is 0 Å². The number of rotatable bonds is 9. The number of nitrogens with zero attached hydrogens (tertiary/aromatic N) is 1. The molecule has 0 spiro atoms. The van der Waals surface area contributed by atoms with Crippen LogP contribution in [-0.2, 0) is 9.53 Å². The zero-order valence-electron chi connectivity index (χ0n) is 15.4. The van der Waals surface area contributed by atoms with E-state index in [9.17, 15) is 15.1 Å². The summed E-state index contributed by atoms with van der Waals surface area (Å²) in [6.45, 7) is 9.51. The first kappa shape index (κ1) is 21.1. The van der Waals surface area contributed by atoms with E-state index in [-0.39, 0.29) is 11.1 Å². The highest BCUT2D eigenvalue weighted by Crippen LogP contribution is 2.39. The lowest BCUT2D eigenvalue weighted by molar-refractivity contribution is -0.253. The van der Waals surface area contributed by atoms with Crippen molar-refractivity contribution in [2.24, 2.45) is 5.92 Å². The summed E-state index contributed by atoms with van der Waals surface area (Å²) in [4.78, 5) is 10.3. The Morgan fingerprint density at radius 1 is 1.25 bits per heavy atom. The first-order valence-corrected chi connectivity index (χ1v) is 8.71. The lowest BCUT2D eigenvalue weighted by Crippen LogP contribution is -2.59. The fraction of sp³-hybridized carbons (Fsp3) is 0.833. The van der Waals surface area contributed by atoms with Crippen LogP contribution in [0.15, 0.2) is 12.2 Å². The zero-order valence-corrected chi connectivity index (χ0v) is 15.4. The third-order valence-electron chi connectivity index (χ3n) is 4.58. The molecule has 1 unspecified atom stereocenters. The summed E-state index contributed by atoms with van der Waals surface area (Å²) in [6.07, 6.45) is 5.51. The van der Waals surface area contributed by atoms with E-state index in [1.165, 1.54) is 11.1 Å². The minimum atomic E-state index is -1.04. The molecule has 0 aliphatic carbocycles. The summed E-state index contributed by atoms with van der Waals surface area (Å²) >= 11 is 0. The number of aliphatic hydroxyl groups is 1. The average Bonchev–Trinajstić information content (AvgIpc) is 2.45. The Morgan fingerprint density at radius 3 is 2.38 bits per heavy atom. The zero-order chi connectivity index (χ0) is 18.4. The Hall–Kier alpha value is -0.950. The lowest BCUT2D eigenvalue weighted by Gasteiger charge is -2.51. The smallest absolute Gasteiger partial charge is 0.328 e. The molecule has 1 rings (SSSR count). The quantitative estimate of drug-likeness (QED) is 0.440. The minimum absolute atomic E-state index is 0.254. The van der Waals surface area contributed by atoms with Gasteiger partial charge in [0.15, 0.2) is 0 Å². The molecule has 0 saturated carbocycles. The van der Waals surface area contributed by atoms with Crippen LogP contribution in [0.2, 0.25) is 0 Å². The predicted octanol–water partition coefficient (Wildman–Crippen LogP) is 2.83. The maximum atomic E-state index is 10.3. The van der Waals surface area contributed by atoms with Gasteiger partial charge in [-0.15, -0.1) is 0 Å². The molecule has 1 atom stereocenters. The molecular weight excluding hydrogens is 310 g/mol. The van der Waals surface area contributed by atoms with Gasteiger partial charge in [-0.3, -0.25) is 0 Å². The van der Waals surface area contributed by atoms with Gasteiger partial charge in [-0.2, -0.15) is 5.06 Å². The van der Waals surface area contributed by atoms with Crippen molar-refractivity contribution in [3.8, 4) is 0 Å². The highest BCUT2D eigenvalue weighted by Gasteiger charge is 2.44. The molecule has 0 aromatic rings. The van der Waals surface area contributed by atoms with Crippen LogP contribution >= 0.6 is 0 Å². The van der Waals surface area contributed by atoms with E-state index >= 15 is 0 Å². The van der Waals surface area contributed by atoms with E-state index in [2.05, 4.69) is 0 Å². The fourth-order valence-electron chi connectivity index (χ4n) is 3.69. The SMILES string of the molecule is CC1(C)CC(COCCCCC(O)C=CC(=O)O)CC(C)(C)N1O. The van der Waals surface area contributed by atoms with Crippen molar-refractivity contribution in [1.29, 1.82) is 0 Å². The Morgan fingerprint density at radius 2 is 1.83 bits per heavy atom.